The first-order valence-electron chi connectivity index (χ1n) is 10.6. The third-order valence-corrected chi connectivity index (χ3v) is 7.39. The van der Waals surface area contributed by atoms with Gasteiger partial charge in [-0.15, -0.1) is 11.3 Å². The third kappa shape index (κ3) is 6.88. The van der Waals surface area contributed by atoms with Gasteiger partial charge in [0.2, 0.25) is 5.91 Å². The lowest BCUT2D eigenvalue weighted by Crippen LogP contribution is -2.33. The van der Waals surface area contributed by atoms with Crippen molar-refractivity contribution in [2.45, 2.75) is 50.5 Å². The topological polar surface area (TPSA) is 99.7 Å². The number of nitrogens with one attached hydrogen (secondary N) is 3. The lowest BCUT2D eigenvalue weighted by Gasteiger charge is -2.21. The molecule has 0 aliphatic carbocycles. The normalized spacial score (nSPS) is 15.8. The second kappa shape index (κ2) is 10.9. The molecule has 1 amide bonds. The van der Waals surface area contributed by atoms with Crippen LogP contribution in [-0.4, -0.2) is 33.3 Å². The Morgan fingerprint density at radius 3 is 2.74 bits per heavy atom. The fourth-order valence-electron chi connectivity index (χ4n) is 3.45. The van der Waals surface area contributed by atoms with Crippen molar-refractivity contribution in [3.8, 4) is 0 Å². The monoisotopic (exact) mass is 462 g/mol. The van der Waals surface area contributed by atoms with E-state index >= 15 is 0 Å². The molecule has 3 rings (SSSR count). The van der Waals surface area contributed by atoms with Gasteiger partial charge in [-0.05, 0) is 48.4 Å². The van der Waals surface area contributed by atoms with Crippen LogP contribution in [0.1, 0.15) is 50.4 Å². The van der Waals surface area contributed by atoms with Crippen LogP contribution in [0, 0.1) is 5.92 Å². The van der Waals surface area contributed by atoms with Gasteiger partial charge in [0.15, 0.2) is 0 Å². The van der Waals surface area contributed by atoms with Crippen LogP contribution >= 0.6 is 11.3 Å². The molecule has 0 spiro atoms. The predicted octanol–water partition coefficient (Wildman–Crippen LogP) is 3.92. The summed E-state index contributed by atoms with van der Waals surface area (Å²) in [6.07, 6.45) is 3.58. The van der Waals surface area contributed by atoms with Crippen molar-refractivity contribution in [3.63, 3.8) is 0 Å². The SMILES string of the molecule is CC(C)C(NCC(=O)Nc1cccc(S(=O)(=O)NC2=NCCCCC2)c1)c1cccs1. The van der Waals surface area contributed by atoms with Crippen LogP contribution in [0.15, 0.2) is 51.7 Å². The van der Waals surface area contributed by atoms with Gasteiger partial charge in [-0.2, -0.15) is 0 Å². The van der Waals surface area contributed by atoms with Gasteiger partial charge < -0.3 is 10.6 Å². The third-order valence-electron chi connectivity index (χ3n) is 5.05. The molecule has 1 unspecified atom stereocenters. The van der Waals surface area contributed by atoms with E-state index in [1.54, 1.807) is 23.5 Å². The first-order valence-corrected chi connectivity index (χ1v) is 12.9. The highest BCUT2D eigenvalue weighted by Gasteiger charge is 2.19. The highest BCUT2D eigenvalue weighted by atomic mass is 32.2. The number of anilines is 1. The zero-order chi connectivity index (χ0) is 22.3. The Labute approximate surface area is 188 Å². The van der Waals surface area contributed by atoms with Gasteiger partial charge in [0.05, 0.1) is 11.4 Å². The van der Waals surface area contributed by atoms with Crippen molar-refractivity contribution in [1.29, 1.82) is 0 Å². The largest absolute Gasteiger partial charge is 0.325 e. The van der Waals surface area contributed by atoms with Gasteiger partial charge in [0, 0.05) is 29.6 Å². The van der Waals surface area contributed by atoms with Gasteiger partial charge in [0.25, 0.3) is 10.0 Å². The van der Waals surface area contributed by atoms with E-state index in [-0.39, 0.29) is 23.4 Å². The molecule has 1 aromatic carbocycles. The molecule has 3 N–H and O–H groups in total. The minimum Gasteiger partial charge on any atom is -0.325 e. The number of nitrogens with zero attached hydrogens (tertiary/aromatic N) is 1. The average molecular weight is 463 g/mol. The molecular formula is C22H30N4O3S2. The number of amidine groups is 1. The number of benzene rings is 1. The fourth-order valence-corrected chi connectivity index (χ4v) is 5.56. The molecular weight excluding hydrogens is 432 g/mol. The molecule has 1 aliphatic heterocycles. The van der Waals surface area contributed by atoms with E-state index in [9.17, 15) is 13.2 Å². The van der Waals surface area contributed by atoms with Crippen molar-refractivity contribution < 1.29 is 13.2 Å². The van der Waals surface area contributed by atoms with Crippen molar-refractivity contribution in [2.75, 3.05) is 18.4 Å². The number of carbonyl (C=O) groups excluding carboxylic acids is 1. The molecule has 168 valence electrons. The van der Waals surface area contributed by atoms with Crippen molar-refractivity contribution >= 4 is 38.8 Å². The van der Waals surface area contributed by atoms with E-state index in [0.29, 0.717) is 30.4 Å². The molecule has 1 aliphatic rings. The number of aliphatic imine (C=N–C) groups is 1. The Balaban J connectivity index is 1.61. The van der Waals surface area contributed by atoms with Gasteiger partial charge in [-0.25, -0.2) is 8.42 Å². The number of hydrogen-bond donors (Lipinski definition) is 3. The molecule has 0 saturated carbocycles. The van der Waals surface area contributed by atoms with Crippen LogP contribution < -0.4 is 15.4 Å². The summed E-state index contributed by atoms with van der Waals surface area (Å²) >= 11 is 1.66. The summed E-state index contributed by atoms with van der Waals surface area (Å²) in [7, 11) is -3.75. The number of amides is 1. The minimum atomic E-state index is -3.75. The molecule has 9 heteroatoms. The number of carbonyl (C=O) groups is 1. The summed E-state index contributed by atoms with van der Waals surface area (Å²) in [4.78, 5) is 18.1. The number of sulfonamides is 1. The Hall–Kier alpha value is -2.23. The Bertz CT molecular complexity index is 1000. The van der Waals surface area contributed by atoms with Gasteiger partial charge in [-0.3, -0.25) is 14.5 Å². The summed E-state index contributed by atoms with van der Waals surface area (Å²) in [5.74, 6) is 0.611. The molecule has 2 aromatic rings. The van der Waals surface area contributed by atoms with E-state index in [2.05, 4.69) is 40.3 Å². The summed E-state index contributed by atoms with van der Waals surface area (Å²) in [6, 6.07) is 10.4. The van der Waals surface area contributed by atoms with Crippen molar-refractivity contribution in [3.05, 3.63) is 46.7 Å². The van der Waals surface area contributed by atoms with Crippen molar-refractivity contribution in [1.82, 2.24) is 10.0 Å². The van der Waals surface area contributed by atoms with Crippen molar-refractivity contribution in [2.24, 2.45) is 10.9 Å². The van der Waals surface area contributed by atoms with E-state index < -0.39 is 10.0 Å². The first-order chi connectivity index (χ1) is 14.8. The van der Waals surface area contributed by atoms with E-state index in [1.165, 1.54) is 17.0 Å². The number of thiophene rings is 1. The fraction of sp³-hybridized carbons (Fsp3) is 0.455. The standard InChI is InChI=1S/C22H30N4O3S2/c1-16(2)22(19-10-7-13-30-19)24-15-21(27)25-17-8-6-9-18(14-17)31(28,29)26-20-11-4-3-5-12-23-20/h6-10,13-14,16,22,24H,3-5,11-12,15H2,1-2H3,(H,23,26)(H,25,27). The molecule has 0 bridgehead atoms. The Kier molecular flexibility index (Phi) is 8.22. The van der Waals surface area contributed by atoms with Crippen LogP contribution in [0.25, 0.3) is 0 Å². The maximum absolute atomic E-state index is 12.8. The molecule has 31 heavy (non-hydrogen) atoms. The molecule has 0 saturated heterocycles. The maximum Gasteiger partial charge on any atom is 0.262 e. The van der Waals surface area contributed by atoms with Gasteiger partial charge >= 0.3 is 0 Å². The predicted molar refractivity (Wildman–Crippen MR) is 126 cm³/mol. The lowest BCUT2D eigenvalue weighted by molar-refractivity contribution is -0.115. The average Bonchev–Trinajstić information content (AvgIpc) is 3.12. The molecule has 1 atom stereocenters. The van der Waals surface area contributed by atoms with Crippen LogP contribution in [0.3, 0.4) is 0 Å². The van der Waals surface area contributed by atoms with Gasteiger partial charge in [-0.1, -0.05) is 32.4 Å². The van der Waals surface area contributed by atoms with E-state index in [0.717, 1.165) is 19.3 Å². The van der Waals surface area contributed by atoms with E-state index in [4.69, 9.17) is 0 Å². The summed E-state index contributed by atoms with van der Waals surface area (Å²) < 4.78 is 28.1. The summed E-state index contributed by atoms with van der Waals surface area (Å²) in [6.45, 7) is 4.99. The Morgan fingerprint density at radius 2 is 2.00 bits per heavy atom. The zero-order valence-electron chi connectivity index (χ0n) is 17.9. The molecule has 0 radical (unpaired) electrons. The van der Waals surface area contributed by atoms with Crippen LogP contribution in [-0.2, 0) is 14.8 Å². The minimum absolute atomic E-state index is 0.0852. The highest BCUT2D eigenvalue weighted by molar-refractivity contribution is 7.90. The van der Waals surface area contributed by atoms with Gasteiger partial charge in [0.1, 0.15) is 5.84 Å². The first kappa shape index (κ1) is 23.4. The molecule has 0 fully saturated rings. The summed E-state index contributed by atoms with van der Waals surface area (Å²) in [5, 5.41) is 8.11. The molecule has 1 aromatic heterocycles. The number of rotatable bonds is 8. The number of hydrogen-bond acceptors (Lipinski definition) is 6. The highest BCUT2D eigenvalue weighted by Crippen LogP contribution is 2.25. The van der Waals surface area contributed by atoms with Crippen LogP contribution in [0.4, 0.5) is 5.69 Å². The summed E-state index contributed by atoms with van der Waals surface area (Å²) in [5.41, 5.74) is 0.440. The lowest BCUT2D eigenvalue weighted by atomic mass is 10.0. The maximum atomic E-state index is 12.8. The molecule has 7 nitrogen and oxygen atoms in total. The Morgan fingerprint density at radius 1 is 1.16 bits per heavy atom. The smallest absolute Gasteiger partial charge is 0.262 e. The van der Waals surface area contributed by atoms with E-state index in [1.807, 2.05) is 11.4 Å². The quantitative estimate of drug-likeness (QED) is 0.553. The van der Waals surface area contributed by atoms with Crippen LogP contribution in [0.2, 0.25) is 0 Å². The second-order valence-electron chi connectivity index (χ2n) is 7.94. The van der Waals surface area contributed by atoms with Crippen LogP contribution in [0.5, 0.6) is 0 Å². The second-order valence-corrected chi connectivity index (χ2v) is 10.6. The molecule has 2 heterocycles. The zero-order valence-corrected chi connectivity index (χ0v) is 19.6.